The Morgan fingerprint density at radius 2 is 2.26 bits per heavy atom. The average Bonchev–Trinajstić information content (AvgIpc) is 2.77. The van der Waals surface area contributed by atoms with Crippen molar-refractivity contribution in [2.45, 2.75) is 38.6 Å². The molecule has 1 rings (SSSR count). The summed E-state index contributed by atoms with van der Waals surface area (Å²) in [6.07, 6.45) is 2.25. The number of thioether (sulfide) groups is 1. The highest BCUT2D eigenvalue weighted by Gasteiger charge is 2.23. The van der Waals surface area contributed by atoms with Gasteiger partial charge in [0, 0.05) is 25.3 Å². The van der Waals surface area contributed by atoms with E-state index >= 15 is 0 Å². The van der Waals surface area contributed by atoms with E-state index in [1.165, 1.54) is 11.8 Å². The number of carboxylic acids is 1. The zero-order valence-electron chi connectivity index (χ0n) is 11.1. The molecule has 1 saturated heterocycles. The monoisotopic (exact) mass is 288 g/mol. The van der Waals surface area contributed by atoms with E-state index in [4.69, 9.17) is 5.11 Å². The predicted molar refractivity (Wildman–Crippen MR) is 73.1 cm³/mol. The van der Waals surface area contributed by atoms with Gasteiger partial charge in [0.2, 0.25) is 5.91 Å². The van der Waals surface area contributed by atoms with Gasteiger partial charge in [-0.1, -0.05) is 31.5 Å². The SMILES string of the molecule is CCCC[C@H](NC(=O)CCN1CCSC1=O)C(=O)O. The molecule has 0 bridgehead atoms. The van der Waals surface area contributed by atoms with Gasteiger partial charge in [0.1, 0.15) is 6.04 Å². The van der Waals surface area contributed by atoms with Gasteiger partial charge in [-0.15, -0.1) is 0 Å². The van der Waals surface area contributed by atoms with Crippen LogP contribution in [0.1, 0.15) is 32.6 Å². The van der Waals surface area contributed by atoms with Gasteiger partial charge in [-0.25, -0.2) is 4.79 Å². The van der Waals surface area contributed by atoms with Crippen molar-refractivity contribution in [1.82, 2.24) is 10.2 Å². The third kappa shape index (κ3) is 5.50. The Hall–Kier alpha value is -1.24. The minimum Gasteiger partial charge on any atom is -0.480 e. The van der Waals surface area contributed by atoms with Gasteiger partial charge in [0.25, 0.3) is 5.24 Å². The number of hydrogen-bond acceptors (Lipinski definition) is 4. The number of hydrogen-bond donors (Lipinski definition) is 2. The number of nitrogens with one attached hydrogen (secondary N) is 1. The fourth-order valence-electron chi connectivity index (χ4n) is 1.80. The maximum atomic E-state index is 11.7. The highest BCUT2D eigenvalue weighted by molar-refractivity contribution is 8.13. The lowest BCUT2D eigenvalue weighted by atomic mass is 10.1. The molecule has 1 aliphatic heterocycles. The van der Waals surface area contributed by atoms with E-state index in [2.05, 4.69) is 5.32 Å². The molecule has 0 radical (unpaired) electrons. The summed E-state index contributed by atoms with van der Waals surface area (Å²) >= 11 is 1.25. The lowest BCUT2D eigenvalue weighted by molar-refractivity contribution is -0.142. The third-order valence-corrected chi connectivity index (χ3v) is 3.83. The Morgan fingerprint density at radius 1 is 1.53 bits per heavy atom. The second kappa shape index (κ2) is 8.04. The standard InChI is InChI=1S/C12H20N2O4S/c1-2-3-4-9(11(16)17)13-10(15)5-6-14-7-8-19-12(14)18/h9H,2-8H2,1H3,(H,13,15)(H,16,17)/t9-/m0/s1. The first kappa shape index (κ1) is 15.8. The molecular weight excluding hydrogens is 268 g/mol. The van der Waals surface area contributed by atoms with Gasteiger partial charge in [0.15, 0.2) is 0 Å². The highest BCUT2D eigenvalue weighted by Crippen LogP contribution is 2.17. The second-order valence-corrected chi connectivity index (χ2v) is 5.50. The molecule has 0 aromatic carbocycles. The van der Waals surface area contributed by atoms with E-state index < -0.39 is 12.0 Å². The molecule has 6 nitrogen and oxygen atoms in total. The summed E-state index contributed by atoms with van der Waals surface area (Å²) in [6, 6.07) is -0.823. The molecule has 0 spiro atoms. The number of carbonyl (C=O) groups excluding carboxylic acids is 2. The Morgan fingerprint density at radius 3 is 2.79 bits per heavy atom. The van der Waals surface area contributed by atoms with Gasteiger partial charge in [-0.2, -0.15) is 0 Å². The third-order valence-electron chi connectivity index (χ3n) is 2.93. The Kier molecular flexibility index (Phi) is 6.69. The second-order valence-electron chi connectivity index (χ2n) is 4.45. The Labute approximate surface area is 116 Å². The average molecular weight is 288 g/mol. The van der Waals surface area contributed by atoms with Gasteiger partial charge in [-0.3, -0.25) is 9.59 Å². The highest BCUT2D eigenvalue weighted by atomic mass is 32.2. The van der Waals surface area contributed by atoms with E-state index in [1.807, 2.05) is 6.92 Å². The Balaban J connectivity index is 2.31. The van der Waals surface area contributed by atoms with Crippen LogP contribution in [0.3, 0.4) is 0 Å². The van der Waals surface area contributed by atoms with Crippen LogP contribution in [-0.4, -0.2) is 52.0 Å². The summed E-state index contributed by atoms with van der Waals surface area (Å²) in [4.78, 5) is 35.6. The first-order valence-electron chi connectivity index (χ1n) is 6.48. The largest absolute Gasteiger partial charge is 0.480 e. The summed E-state index contributed by atoms with van der Waals surface area (Å²) in [5, 5.41) is 11.5. The molecule has 0 aromatic heterocycles. The lowest BCUT2D eigenvalue weighted by Crippen LogP contribution is -2.42. The van der Waals surface area contributed by atoms with Crippen molar-refractivity contribution in [2.24, 2.45) is 0 Å². The minimum absolute atomic E-state index is 0.00596. The van der Waals surface area contributed by atoms with Crippen molar-refractivity contribution in [3.05, 3.63) is 0 Å². The molecule has 0 unspecified atom stereocenters. The van der Waals surface area contributed by atoms with E-state index in [9.17, 15) is 14.4 Å². The van der Waals surface area contributed by atoms with Crippen LogP contribution in [0.25, 0.3) is 0 Å². The topological polar surface area (TPSA) is 86.7 Å². The van der Waals surface area contributed by atoms with Crippen LogP contribution in [0.4, 0.5) is 4.79 Å². The molecule has 1 aliphatic rings. The normalized spacial score (nSPS) is 16.5. The molecule has 2 N–H and O–H groups in total. The molecule has 108 valence electrons. The van der Waals surface area contributed by atoms with Crippen molar-refractivity contribution in [3.63, 3.8) is 0 Å². The van der Waals surface area contributed by atoms with E-state index in [0.717, 1.165) is 18.6 Å². The smallest absolute Gasteiger partial charge is 0.326 e. The molecule has 19 heavy (non-hydrogen) atoms. The molecule has 0 aromatic rings. The lowest BCUT2D eigenvalue weighted by Gasteiger charge is -2.17. The summed E-state index contributed by atoms with van der Waals surface area (Å²) in [5.41, 5.74) is 0. The zero-order chi connectivity index (χ0) is 14.3. The molecule has 7 heteroatoms. The molecular formula is C12H20N2O4S. The number of carbonyl (C=O) groups is 3. The van der Waals surface area contributed by atoms with Crippen molar-refractivity contribution < 1.29 is 19.5 Å². The fourth-order valence-corrected chi connectivity index (χ4v) is 2.65. The number of carboxylic acid groups (broad SMARTS) is 1. The summed E-state index contributed by atoms with van der Waals surface area (Å²) < 4.78 is 0. The van der Waals surface area contributed by atoms with Crippen molar-refractivity contribution >= 4 is 28.9 Å². The Bertz CT molecular complexity index is 349. The van der Waals surface area contributed by atoms with Crippen molar-refractivity contribution in [2.75, 3.05) is 18.8 Å². The van der Waals surface area contributed by atoms with E-state index in [0.29, 0.717) is 19.5 Å². The maximum Gasteiger partial charge on any atom is 0.326 e. The number of nitrogens with zero attached hydrogens (tertiary/aromatic N) is 1. The summed E-state index contributed by atoms with van der Waals surface area (Å²) in [7, 11) is 0. The summed E-state index contributed by atoms with van der Waals surface area (Å²) in [5.74, 6) is -0.558. The molecule has 0 saturated carbocycles. The van der Waals surface area contributed by atoms with Crippen LogP contribution >= 0.6 is 11.8 Å². The van der Waals surface area contributed by atoms with Gasteiger partial charge in [0.05, 0.1) is 0 Å². The molecule has 2 amide bonds. The minimum atomic E-state index is -1.00. The predicted octanol–water partition coefficient (Wildman–Crippen LogP) is 1.30. The van der Waals surface area contributed by atoms with Crippen LogP contribution in [-0.2, 0) is 9.59 Å². The fraction of sp³-hybridized carbons (Fsp3) is 0.750. The van der Waals surface area contributed by atoms with Gasteiger partial charge < -0.3 is 15.3 Å². The number of unbranched alkanes of at least 4 members (excludes halogenated alkanes) is 1. The van der Waals surface area contributed by atoms with Crippen LogP contribution in [0.5, 0.6) is 0 Å². The molecule has 1 fully saturated rings. The number of amides is 2. The molecule has 1 atom stereocenters. The zero-order valence-corrected chi connectivity index (χ0v) is 11.9. The van der Waals surface area contributed by atoms with Gasteiger partial charge >= 0.3 is 5.97 Å². The number of rotatable bonds is 8. The van der Waals surface area contributed by atoms with Crippen LogP contribution in [0.2, 0.25) is 0 Å². The molecule has 0 aliphatic carbocycles. The quantitative estimate of drug-likeness (QED) is 0.703. The van der Waals surface area contributed by atoms with Crippen molar-refractivity contribution in [1.29, 1.82) is 0 Å². The number of aliphatic carboxylic acids is 1. The first-order chi connectivity index (χ1) is 9.04. The molecule has 1 heterocycles. The first-order valence-corrected chi connectivity index (χ1v) is 7.47. The van der Waals surface area contributed by atoms with E-state index in [1.54, 1.807) is 4.90 Å². The summed E-state index contributed by atoms with van der Waals surface area (Å²) in [6.45, 7) is 2.99. The van der Waals surface area contributed by atoms with Crippen LogP contribution in [0.15, 0.2) is 0 Å². The van der Waals surface area contributed by atoms with Crippen LogP contribution < -0.4 is 5.32 Å². The van der Waals surface area contributed by atoms with E-state index in [-0.39, 0.29) is 17.6 Å². The van der Waals surface area contributed by atoms with Gasteiger partial charge in [-0.05, 0) is 6.42 Å². The van der Waals surface area contributed by atoms with Crippen LogP contribution in [0, 0.1) is 0 Å². The maximum absolute atomic E-state index is 11.7. The van der Waals surface area contributed by atoms with Crippen molar-refractivity contribution in [3.8, 4) is 0 Å².